The van der Waals surface area contributed by atoms with E-state index in [2.05, 4.69) is 15.6 Å². The van der Waals surface area contributed by atoms with Crippen LogP contribution in [-0.2, 0) is 6.54 Å². The van der Waals surface area contributed by atoms with Gasteiger partial charge in [0.15, 0.2) is 0 Å². The molecule has 0 saturated carbocycles. The maximum absolute atomic E-state index is 12.1. The highest BCUT2D eigenvalue weighted by molar-refractivity contribution is 7.13. The van der Waals surface area contributed by atoms with Gasteiger partial charge in [0, 0.05) is 12.2 Å². The molecule has 19 heavy (non-hydrogen) atoms. The van der Waals surface area contributed by atoms with Gasteiger partial charge in [-0.1, -0.05) is 12.1 Å². The van der Waals surface area contributed by atoms with Crippen LogP contribution in [0.5, 0.6) is 0 Å². The van der Waals surface area contributed by atoms with E-state index in [-0.39, 0.29) is 5.91 Å². The summed E-state index contributed by atoms with van der Waals surface area (Å²) in [6.45, 7) is 4.58. The standard InChI is InChI=1S/C14H17N3OS/c1-9-13(19-10(2)16-9)14(18)17-12-6-4-11(5-7-12)8-15-3/h4-7,15H,8H2,1-3H3,(H,17,18). The third-order valence-electron chi connectivity index (χ3n) is 2.70. The Morgan fingerprint density at radius 2 is 1.95 bits per heavy atom. The Hall–Kier alpha value is -1.72. The molecule has 0 radical (unpaired) electrons. The van der Waals surface area contributed by atoms with Crippen molar-refractivity contribution in [2.45, 2.75) is 20.4 Å². The monoisotopic (exact) mass is 275 g/mol. The van der Waals surface area contributed by atoms with Crippen molar-refractivity contribution in [3.05, 3.63) is 45.4 Å². The molecule has 0 aliphatic heterocycles. The summed E-state index contributed by atoms with van der Waals surface area (Å²) in [5, 5.41) is 6.89. The van der Waals surface area contributed by atoms with E-state index in [4.69, 9.17) is 0 Å². The third-order valence-corrected chi connectivity index (χ3v) is 3.77. The lowest BCUT2D eigenvalue weighted by Crippen LogP contribution is -2.11. The maximum atomic E-state index is 12.1. The van der Waals surface area contributed by atoms with Gasteiger partial charge in [0.1, 0.15) is 4.88 Å². The van der Waals surface area contributed by atoms with E-state index in [1.165, 1.54) is 16.9 Å². The minimum atomic E-state index is -0.0931. The van der Waals surface area contributed by atoms with Crippen LogP contribution < -0.4 is 10.6 Å². The molecule has 2 N–H and O–H groups in total. The number of rotatable bonds is 4. The molecule has 2 aromatic rings. The molecule has 0 unspecified atom stereocenters. The molecule has 4 nitrogen and oxygen atoms in total. The number of benzene rings is 1. The predicted molar refractivity (Wildman–Crippen MR) is 78.7 cm³/mol. The molecule has 0 bridgehead atoms. The van der Waals surface area contributed by atoms with Crippen LogP contribution >= 0.6 is 11.3 Å². The molecule has 0 saturated heterocycles. The number of hydrogen-bond acceptors (Lipinski definition) is 4. The number of anilines is 1. The molecule has 100 valence electrons. The van der Waals surface area contributed by atoms with E-state index < -0.39 is 0 Å². The molecular weight excluding hydrogens is 258 g/mol. The van der Waals surface area contributed by atoms with Crippen molar-refractivity contribution in [3.63, 3.8) is 0 Å². The van der Waals surface area contributed by atoms with Crippen LogP contribution in [0.4, 0.5) is 5.69 Å². The van der Waals surface area contributed by atoms with Gasteiger partial charge in [-0.2, -0.15) is 0 Å². The van der Waals surface area contributed by atoms with Gasteiger partial charge in [0.2, 0.25) is 0 Å². The molecule has 1 amide bonds. The van der Waals surface area contributed by atoms with Crippen molar-refractivity contribution in [1.82, 2.24) is 10.3 Å². The number of carbonyl (C=O) groups is 1. The van der Waals surface area contributed by atoms with Crippen LogP contribution in [0.15, 0.2) is 24.3 Å². The highest BCUT2D eigenvalue weighted by atomic mass is 32.1. The van der Waals surface area contributed by atoms with Gasteiger partial charge in [-0.15, -0.1) is 11.3 Å². The van der Waals surface area contributed by atoms with Gasteiger partial charge >= 0.3 is 0 Å². The fourth-order valence-electron chi connectivity index (χ4n) is 1.84. The summed E-state index contributed by atoms with van der Waals surface area (Å²) in [7, 11) is 1.91. The summed E-state index contributed by atoms with van der Waals surface area (Å²) in [6.07, 6.45) is 0. The number of nitrogens with one attached hydrogen (secondary N) is 2. The maximum Gasteiger partial charge on any atom is 0.267 e. The fourth-order valence-corrected chi connectivity index (χ4v) is 2.65. The van der Waals surface area contributed by atoms with Gasteiger partial charge in [-0.05, 0) is 38.6 Å². The molecule has 5 heteroatoms. The second-order valence-corrected chi connectivity index (χ2v) is 5.53. The van der Waals surface area contributed by atoms with Crippen LogP contribution in [0.25, 0.3) is 0 Å². The molecule has 2 rings (SSSR count). The molecule has 0 fully saturated rings. The van der Waals surface area contributed by atoms with Crippen LogP contribution in [-0.4, -0.2) is 17.9 Å². The molecule has 1 aromatic heterocycles. The largest absolute Gasteiger partial charge is 0.321 e. The first kappa shape index (κ1) is 13.7. The number of carbonyl (C=O) groups excluding carboxylic acids is 1. The van der Waals surface area contributed by atoms with Crippen molar-refractivity contribution in [2.24, 2.45) is 0 Å². The molecule has 1 aromatic carbocycles. The van der Waals surface area contributed by atoms with Crippen molar-refractivity contribution >= 4 is 22.9 Å². The summed E-state index contributed by atoms with van der Waals surface area (Å²) in [5.41, 5.74) is 2.77. The van der Waals surface area contributed by atoms with Gasteiger partial charge in [0.05, 0.1) is 10.7 Å². The quantitative estimate of drug-likeness (QED) is 0.902. The van der Waals surface area contributed by atoms with Crippen molar-refractivity contribution < 1.29 is 4.79 Å². The van der Waals surface area contributed by atoms with Gasteiger partial charge < -0.3 is 10.6 Å². The Kier molecular flexibility index (Phi) is 4.29. The topological polar surface area (TPSA) is 54.0 Å². The predicted octanol–water partition coefficient (Wildman–Crippen LogP) is 2.73. The molecule has 0 aliphatic carbocycles. The zero-order chi connectivity index (χ0) is 13.8. The van der Waals surface area contributed by atoms with Crippen molar-refractivity contribution in [2.75, 3.05) is 12.4 Å². The second kappa shape index (κ2) is 5.95. The number of aromatic nitrogens is 1. The number of amides is 1. The number of hydrogen-bond donors (Lipinski definition) is 2. The normalized spacial score (nSPS) is 10.5. The van der Waals surface area contributed by atoms with Crippen LogP contribution in [0.1, 0.15) is 25.9 Å². The summed E-state index contributed by atoms with van der Waals surface area (Å²) in [6, 6.07) is 7.81. The van der Waals surface area contributed by atoms with Crippen molar-refractivity contribution in [3.8, 4) is 0 Å². The first-order chi connectivity index (χ1) is 9.10. The first-order valence-corrected chi connectivity index (χ1v) is 6.90. The molecule has 0 spiro atoms. The number of thiazole rings is 1. The van der Waals surface area contributed by atoms with E-state index >= 15 is 0 Å². The van der Waals surface area contributed by atoms with Gasteiger partial charge in [-0.3, -0.25) is 4.79 Å². The van der Waals surface area contributed by atoms with E-state index in [1.807, 2.05) is 45.2 Å². The third kappa shape index (κ3) is 3.39. The van der Waals surface area contributed by atoms with E-state index in [1.54, 1.807) is 0 Å². The Balaban J connectivity index is 2.08. The van der Waals surface area contributed by atoms with Crippen LogP contribution in [0.3, 0.4) is 0 Å². The lowest BCUT2D eigenvalue weighted by molar-refractivity contribution is 0.103. The molecular formula is C14H17N3OS. The molecule has 0 aliphatic rings. The Bertz CT molecular complexity index is 575. The van der Waals surface area contributed by atoms with Gasteiger partial charge in [-0.25, -0.2) is 4.98 Å². The Labute approximate surface area is 116 Å². The van der Waals surface area contributed by atoms with Crippen LogP contribution in [0, 0.1) is 13.8 Å². The second-order valence-electron chi connectivity index (χ2n) is 4.33. The zero-order valence-electron chi connectivity index (χ0n) is 11.3. The minimum absolute atomic E-state index is 0.0931. The SMILES string of the molecule is CNCc1ccc(NC(=O)c2sc(C)nc2C)cc1. The fraction of sp³-hybridized carbons (Fsp3) is 0.286. The highest BCUT2D eigenvalue weighted by Gasteiger charge is 2.13. The van der Waals surface area contributed by atoms with Crippen LogP contribution in [0.2, 0.25) is 0 Å². The average molecular weight is 275 g/mol. The lowest BCUT2D eigenvalue weighted by atomic mass is 10.2. The molecule has 1 heterocycles. The number of aryl methyl sites for hydroxylation is 2. The Morgan fingerprint density at radius 1 is 1.26 bits per heavy atom. The van der Waals surface area contributed by atoms with E-state index in [9.17, 15) is 4.79 Å². The van der Waals surface area contributed by atoms with E-state index in [0.717, 1.165) is 22.9 Å². The summed E-state index contributed by atoms with van der Waals surface area (Å²) in [4.78, 5) is 17.0. The summed E-state index contributed by atoms with van der Waals surface area (Å²) < 4.78 is 0. The van der Waals surface area contributed by atoms with E-state index in [0.29, 0.717) is 4.88 Å². The number of nitrogens with zero attached hydrogens (tertiary/aromatic N) is 1. The van der Waals surface area contributed by atoms with Gasteiger partial charge in [0.25, 0.3) is 5.91 Å². The lowest BCUT2D eigenvalue weighted by Gasteiger charge is -2.05. The Morgan fingerprint density at radius 3 is 2.47 bits per heavy atom. The smallest absolute Gasteiger partial charge is 0.267 e. The first-order valence-electron chi connectivity index (χ1n) is 6.09. The summed E-state index contributed by atoms with van der Waals surface area (Å²) in [5.74, 6) is -0.0931. The van der Waals surface area contributed by atoms with Crippen molar-refractivity contribution in [1.29, 1.82) is 0 Å². The summed E-state index contributed by atoms with van der Waals surface area (Å²) >= 11 is 1.42. The average Bonchev–Trinajstić information content (AvgIpc) is 2.71. The highest BCUT2D eigenvalue weighted by Crippen LogP contribution is 2.19. The zero-order valence-corrected chi connectivity index (χ0v) is 12.1. The molecule has 0 atom stereocenters. The minimum Gasteiger partial charge on any atom is -0.321 e.